The molecule has 80 valence electrons. The molecule has 0 radical (unpaired) electrons. The number of aromatic nitrogens is 1. The van der Waals surface area contributed by atoms with E-state index in [2.05, 4.69) is 21.7 Å². The lowest BCUT2D eigenvalue weighted by Crippen LogP contribution is -2.23. The van der Waals surface area contributed by atoms with Gasteiger partial charge in [0.15, 0.2) is 0 Å². The van der Waals surface area contributed by atoms with Crippen LogP contribution in [0.2, 0.25) is 0 Å². The van der Waals surface area contributed by atoms with Gasteiger partial charge in [-0.15, -0.1) is 12.4 Å². The molecule has 1 saturated heterocycles. The van der Waals surface area contributed by atoms with Crippen LogP contribution in [-0.2, 0) is 0 Å². The van der Waals surface area contributed by atoms with E-state index < -0.39 is 0 Å². The monoisotopic (exact) mass is 224 g/mol. The predicted molar refractivity (Wildman–Crippen MR) is 61.1 cm³/mol. The summed E-state index contributed by atoms with van der Waals surface area (Å²) in [7, 11) is 0. The SMILES string of the molecule is Cl.N#Cc1cccnc1N[C@@H]1CCNC1. The lowest BCUT2D eigenvalue weighted by molar-refractivity contribution is 0.787. The number of nitriles is 1. The van der Waals surface area contributed by atoms with Gasteiger partial charge in [-0.25, -0.2) is 4.98 Å². The molecule has 2 N–H and O–H groups in total. The molecule has 0 bridgehead atoms. The van der Waals surface area contributed by atoms with Crippen molar-refractivity contribution in [1.29, 1.82) is 5.26 Å². The Morgan fingerprint density at radius 3 is 3.13 bits per heavy atom. The first-order chi connectivity index (χ1) is 6.90. The quantitative estimate of drug-likeness (QED) is 0.791. The molecule has 0 amide bonds. The Kier molecular flexibility index (Phi) is 4.35. The minimum absolute atomic E-state index is 0. The highest BCUT2D eigenvalue weighted by molar-refractivity contribution is 5.85. The summed E-state index contributed by atoms with van der Waals surface area (Å²) in [6.45, 7) is 1.98. The molecule has 15 heavy (non-hydrogen) atoms. The van der Waals surface area contributed by atoms with Gasteiger partial charge in [-0.1, -0.05) is 0 Å². The Labute approximate surface area is 95.1 Å². The summed E-state index contributed by atoms with van der Waals surface area (Å²) in [6.07, 6.45) is 2.78. The first kappa shape index (κ1) is 11.8. The molecular weight excluding hydrogens is 212 g/mol. The number of hydrogen-bond acceptors (Lipinski definition) is 4. The molecule has 0 unspecified atom stereocenters. The Morgan fingerprint density at radius 2 is 2.47 bits per heavy atom. The molecule has 0 aliphatic carbocycles. The maximum absolute atomic E-state index is 8.85. The molecule has 1 aliphatic heterocycles. The number of nitrogens with zero attached hydrogens (tertiary/aromatic N) is 2. The van der Waals surface area contributed by atoms with Crippen LogP contribution < -0.4 is 10.6 Å². The number of pyridine rings is 1. The number of rotatable bonds is 2. The van der Waals surface area contributed by atoms with Crippen LogP contribution in [0.1, 0.15) is 12.0 Å². The number of anilines is 1. The zero-order valence-corrected chi connectivity index (χ0v) is 9.05. The largest absolute Gasteiger partial charge is 0.365 e. The molecule has 1 aromatic rings. The molecular formula is C10H13ClN4. The third-order valence-corrected chi connectivity index (χ3v) is 2.33. The van der Waals surface area contributed by atoms with Crippen LogP contribution >= 0.6 is 12.4 Å². The Bertz CT molecular complexity index is 355. The third kappa shape index (κ3) is 2.82. The summed E-state index contributed by atoms with van der Waals surface area (Å²) >= 11 is 0. The van der Waals surface area contributed by atoms with E-state index in [1.165, 1.54) is 0 Å². The lowest BCUT2D eigenvalue weighted by Gasteiger charge is -2.12. The van der Waals surface area contributed by atoms with Crippen molar-refractivity contribution in [3.8, 4) is 6.07 Å². The summed E-state index contributed by atoms with van der Waals surface area (Å²) in [4.78, 5) is 4.15. The predicted octanol–water partition coefficient (Wildman–Crippen LogP) is 1.15. The van der Waals surface area contributed by atoms with Crippen molar-refractivity contribution in [2.75, 3.05) is 18.4 Å². The van der Waals surface area contributed by atoms with Crippen molar-refractivity contribution in [3.05, 3.63) is 23.9 Å². The summed E-state index contributed by atoms with van der Waals surface area (Å²) in [5.41, 5.74) is 0.611. The summed E-state index contributed by atoms with van der Waals surface area (Å²) < 4.78 is 0. The highest BCUT2D eigenvalue weighted by Crippen LogP contribution is 2.13. The van der Waals surface area contributed by atoms with E-state index in [9.17, 15) is 0 Å². The topological polar surface area (TPSA) is 60.7 Å². The second-order valence-electron chi connectivity index (χ2n) is 3.35. The van der Waals surface area contributed by atoms with Gasteiger partial charge < -0.3 is 10.6 Å². The standard InChI is InChI=1S/C10H12N4.ClH/c11-6-8-2-1-4-13-10(8)14-9-3-5-12-7-9;/h1-2,4,9,12H,3,5,7H2,(H,13,14);1H/t9-;/m1./s1. The van der Waals surface area contributed by atoms with Crippen LogP contribution in [0.15, 0.2) is 18.3 Å². The summed E-state index contributed by atoms with van der Waals surface area (Å²) in [5, 5.41) is 15.4. The van der Waals surface area contributed by atoms with Gasteiger partial charge in [-0.05, 0) is 25.1 Å². The second kappa shape index (κ2) is 5.54. The van der Waals surface area contributed by atoms with Crippen LogP contribution in [0.25, 0.3) is 0 Å². The molecule has 2 rings (SSSR count). The number of halogens is 1. The summed E-state index contributed by atoms with van der Waals surface area (Å²) in [6, 6.07) is 6.07. The zero-order valence-electron chi connectivity index (χ0n) is 8.23. The Morgan fingerprint density at radius 1 is 1.60 bits per heavy atom. The van der Waals surface area contributed by atoms with Gasteiger partial charge in [-0.3, -0.25) is 0 Å². The molecule has 0 aromatic carbocycles. The fraction of sp³-hybridized carbons (Fsp3) is 0.400. The molecule has 1 atom stereocenters. The Hall–Kier alpha value is -1.31. The maximum Gasteiger partial charge on any atom is 0.144 e. The first-order valence-electron chi connectivity index (χ1n) is 4.72. The number of hydrogen-bond donors (Lipinski definition) is 2. The first-order valence-corrected chi connectivity index (χ1v) is 4.72. The highest BCUT2D eigenvalue weighted by Gasteiger charge is 2.15. The molecule has 1 aliphatic rings. The van der Waals surface area contributed by atoms with E-state index in [0.29, 0.717) is 17.4 Å². The second-order valence-corrected chi connectivity index (χ2v) is 3.35. The van der Waals surface area contributed by atoms with Crippen LogP contribution in [0.3, 0.4) is 0 Å². The lowest BCUT2D eigenvalue weighted by atomic mass is 10.2. The van der Waals surface area contributed by atoms with Crippen molar-refractivity contribution in [3.63, 3.8) is 0 Å². The van der Waals surface area contributed by atoms with Gasteiger partial charge in [-0.2, -0.15) is 5.26 Å². The smallest absolute Gasteiger partial charge is 0.144 e. The van der Waals surface area contributed by atoms with Crippen LogP contribution in [0.5, 0.6) is 0 Å². The van der Waals surface area contributed by atoms with Crippen LogP contribution in [0, 0.1) is 11.3 Å². The fourth-order valence-corrected chi connectivity index (χ4v) is 1.58. The zero-order chi connectivity index (χ0) is 9.80. The van der Waals surface area contributed by atoms with Gasteiger partial charge in [0, 0.05) is 18.8 Å². The molecule has 1 aromatic heterocycles. The van der Waals surface area contributed by atoms with E-state index in [4.69, 9.17) is 5.26 Å². The molecule has 2 heterocycles. The molecule has 0 saturated carbocycles. The van der Waals surface area contributed by atoms with Gasteiger partial charge in [0.05, 0.1) is 5.56 Å². The molecule has 0 spiro atoms. The van der Waals surface area contributed by atoms with Gasteiger partial charge in [0.25, 0.3) is 0 Å². The van der Waals surface area contributed by atoms with E-state index in [-0.39, 0.29) is 12.4 Å². The molecule has 1 fully saturated rings. The number of nitrogens with one attached hydrogen (secondary N) is 2. The fourth-order valence-electron chi connectivity index (χ4n) is 1.58. The van der Waals surface area contributed by atoms with Crippen molar-refractivity contribution in [1.82, 2.24) is 10.3 Å². The minimum atomic E-state index is 0. The van der Waals surface area contributed by atoms with E-state index in [1.807, 2.05) is 0 Å². The van der Waals surface area contributed by atoms with E-state index >= 15 is 0 Å². The van der Waals surface area contributed by atoms with Gasteiger partial charge in [0.2, 0.25) is 0 Å². The van der Waals surface area contributed by atoms with Gasteiger partial charge >= 0.3 is 0 Å². The van der Waals surface area contributed by atoms with Crippen LogP contribution in [0.4, 0.5) is 5.82 Å². The maximum atomic E-state index is 8.85. The van der Waals surface area contributed by atoms with Crippen molar-refractivity contribution >= 4 is 18.2 Å². The van der Waals surface area contributed by atoms with Crippen LogP contribution in [-0.4, -0.2) is 24.1 Å². The summed E-state index contributed by atoms with van der Waals surface area (Å²) in [5.74, 6) is 0.698. The van der Waals surface area contributed by atoms with E-state index in [0.717, 1.165) is 19.5 Å². The van der Waals surface area contributed by atoms with Crippen molar-refractivity contribution < 1.29 is 0 Å². The third-order valence-electron chi connectivity index (χ3n) is 2.33. The van der Waals surface area contributed by atoms with Crippen molar-refractivity contribution in [2.45, 2.75) is 12.5 Å². The molecule has 4 nitrogen and oxygen atoms in total. The normalized spacial score (nSPS) is 19.0. The average Bonchev–Trinajstić information content (AvgIpc) is 2.71. The minimum Gasteiger partial charge on any atom is -0.365 e. The van der Waals surface area contributed by atoms with Gasteiger partial charge in [0.1, 0.15) is 11.9 Å². The highest BCUT2D eigenvalue weighted by atomic mass is 35.5. The molecule has 5 heteroatoms. The van der Waals surface area contributed by atoms with E-state index in [1.54, 1.807) is 18.3 Å². The average molecular weight is 225 g/mol. The Balaban J connectivity index is 0.00000112. The van der Waals surface area contributed by atoms with Crippen molar-refractivity contribution in [2.24, 2.45) is 0 Å².